The Hall–Kier alpha value is -3.81. The number of aryl methyl sites for hydroxylation is 1. The van der Waals surface area contributed by atoms with Gasteiger partial charge in [0, 0.05) is 11.3 Å². The van der Waals surface area contributed by atoms with E-state index >= 15 is 0 Å². The number of alkyl halides is 3. The molecule has 32 heavy (non-hydrogen) atoms. The van der Waals surface area contributed by atoms with Crippen LogP contribution in [0.1, 0.15) is 28.4 Å². The number of para-hydroxylation sites is 2. The summed E-state index contributed by atoms with van der Waals surface area (Å²) in [5.41, 5.74) is 0.864. The van der Waals surface area contributed by atoms with E-state index in [1.807, 2.05) is 31.2 Å². The number of carbonyl (C=O) groups is 2. The predicted molar refractivity (Wildman–Crippen MR) is 116 cm³/mol. The monoisotopic (exact) mass is 442 g/mol. The Bertz CT molecular complexity index is 1100. The van der Waals surface area contributed by atoms with Crippen LogP contribution >= 0.6 is 0 Å². The molecule has 0 aromatic heterocycles. The number of hydrogen-bond donors (Lipinski definition) is 2. The number of benzene rings is 3. The summed E-state index contributed by atoms with van der Waals surface area (Å²) in [4.78, 5) is 24.5. The van der Waals surface area contributed by atoms with Gasteiger partial charge in [-0.15, -0.1) is 0 Å². The molecule has 2 N–H and O–H groups in total. The number of nitrogens with one attached hydrogen (secondary N) is 2. The molecule has 3 aromatic carbocycles. The first-order valence-electron chi connectivity index (χ1n) is 9.86. The van der Waals surface area contributed by atoms with Crippen LogP contribution < -0.4 is 15.4 Å². The lowest BCUT2D eigenvalue weighted by Gasteiger charge is -2.14. The molecule has 0 heterocycles. The summed E-state index contributed by atoms with van der Waals surface area (Å²) in [6.45, 7) is 1.51. The van der Waals surface area contributed by atoms with Crippen LogP contribution in [0.25, 0.3) is 0 Å². The van der Waals surface area contributed by atoms with Gasteiger partial charge in [0.2, 0.25) is 0 Å². The molecule has 0 unspecified atom stereocenters. The van der Waals surface area contributed by atoms with Crippen molar-refractivity contribution in [1.82, 2.24) is 0 Å². The topological polar surface area (TPSA) is 67.4 Å². The molecule has 0 aliphatic rings. The fourth-order valence-electron chi connectivity index (χ4n) is 3.02. The van der Waals surface area contributed by atoms with Crippen molar-refractivity contribution in [2.45, 2.75) is 19.5 Å². The molecule has 0 aliphatic carbocycles. The lowest BCUT2D eigenvalue weighted by atomic mass is 10.1. The molecular formula is C24H21F3N2O3. The lowest BCUT2D eigenvalue weighted by molar-refractivity contribution is -0.137. The van der Waals surface area contributed by atoms with Crippen LogP contribution in [0, 0.1) is 0 Å². The van der Waals surface area contributed by atoms with Gasteiger partial charge in [0.05, 0.1) is 11.3 Å². The van der Waals surface area contributed by atoms with E-state index in [1.165, 1.54) is 42.5 Å². The number of carbonyl (C=O) groups excluding carboxylic acids is 2. The largest absolute Gasteiger partial charge is 0.484 e. The maximum absolute atomic E-state index is 13.0. The fourth-order valence-corrected chi connectivity index (χ4v) is 3.02. The fraction of sp³-hybridized carbons (Fsp3) is 0.167. The number of anilines is 2. The minimum atomic E-state index is -4.58. The third-order valence-electron chi connectivity index (χ3n) is 4.64. The smallest absolute Gasteiger partial charge is 0.418 e. The highest BCUT2D eigenvalue weighted by Crippen LogP contribution is 2.34. The zero-order chi connectivity index (χ0) is 23.1. The summed E-state index contributed by atoms with van der Waals surface area (Å²) in [5, 5.41) is 5.06. The van der Waals surface area contributed by atoms with Crippen LogP contribution in [0.3, 0.4) is 0 Å². The van der Waals surface area contributed by atoms with E-state index in [1.54, 1.807) is 0 Å². The Morgan fingerprint density at radius 3 is 2.12 bits per heavy atom. The zero-order valence-corrected chi connectivity index (χ0v) is 17.2. The second-order valence-electron chi connectivity index (χ2n) is 6.87. The van der Waals surface area contributed by atoms with Crippen LogP contribution in [-0.4, -0.2) is 18.4 Å². The Kier molecular flexibility index (Phi) is 7.14. The van der Waals surface area contributed by atoms with Gasteiger partial charge < -0.3 is 15.4 Å². The quantitative estimate of drug-likeness (QED) is 0.505. The summed E-state index contributed by atoms with van der Waals surface area (Å²) in [6, 6.07) is 18.3. The van der Waals surface area contributed by atoms with E-state index in [-0.39, 0.29) is 11.6 Å². The minimum absolute atomic E-state index is 0.293. The SMILES string of the molecule is CCc1ccccc1NC(=O)c1ccc(OCC(=O)Nc2ccccc2C(F)(F)F)cc1. The summed E-state index contributed by atoms with van der Waals surface area (Å²) in [6.07, 6.45) is -3.81. The normalized spacial score (nSPS) is 11.0. The van der Waals surface area contributed by atoms with Crippen molar-refractivity contribution >= 4 is 23.2 Å². The predicted octanol–water partition coefficient (Wildman–Crippen LogP) is 5.54. The van der Waals surface area contributed by atoms with Crippen molar-refractivity contribution in [3.63, 3.8) is 0 Å². The highest BCUT2D eigenvalue weighted by Gasteiger charge is 2.33. The van der Waals surface area contributed by atoms with Crippen molar-refractivity contribution < 1.29 is 27.5 Å². The van der Waals surface area contributed by atoms with E-state index in [2.05, 4.69) is 10.6 Å². The minimum Gasteiger partial charge on any atom is -0.484 e. The van der Waals surface area contributed by atoms with E-state index in [0.29, 0.717) is 11.3 Å². The average Bonchev–Trinajstić information content (AvgIpc) is 2.78. The first kappa shape index (κ1) is 22.9. The number of hydrogen-bond acceptors (Lipinski definition) is 3. The molecule has 0 bridgehead atoms. The lowest BCUT2D eigenvalue weighted by Crippen LogP contribution is -2.22. The molecule has 5 nitrogen and oxygen atoms in total. The van der Waals surface area contributed by atoms with Crippen LogP contribution in [0.2, 0.25) is 0 Å². The highest BCUT2D eigenvalue weighted by molar-refractivity contribution is 6.04. The Morgan fingerprint density at radius 1 is 0.844 bits per heavy atom. The molecule has 0 aliphatic heterocycles. The Labute approximate surface area is 183 Å². The molecule has 0 saturated carbocycles. The number of ether oxygens (including phenoxy) is 1. The van der Waals surface area contributed by atoms with Crippen molar-refractivity contribution in [3.8, 4) is 5.75 Å². The van der Waals surface area contributed by atoms with Crippen LogP contribution in [0.15, 0.2) is 72.8 Å². The summed E-state index contributed by atoms with van der Waals surface area (Å²) < 4.78 is 44.4. The van der Waals surface area contributed by atoms with Crippen molar-refractivity contribution in [3.05, 3.63) is 89.5 Å². The van der Waals surface area contributed by atoms with Crippen molar-refractivity contribution in [2.75, 3.05) is 17.2 Å². The third kappa shape index (κ3) is 5.87. The standard InChI is InChI=1S/C24H21F3N2O3/c1-2-16-7-3-5-9-20(16)29-23(31)17-11-13-18(14-12-17)32-15-22(30)28-21-10-6-4-8-19(21)24(25,26)27/h3-14H,2,15H2,1H3,(H,28,30)(H,29,31). The summed E-state index contributed by atoms with van der Waals surface area (Å²) in [5.74, 6) is -0.728. The Morgan fingerprint density at radius 2 is 1.47 bits per heavy atom. The number of amides is 2. The maximum atomic E-state index is 13.0. The third-order valence-corrected chi connectivity index (χ3v) is 4.64. The van der Waals surface area contributed by atoms with Crippen LogP contribution in [0.4, 0.5) is 24.5 Å². The first-order chi connectivity index (χ1) is 15.3. The van der Waals surface area contributed by atoms with Gasteiger partial charge in [0.25, 0.3) is 11.8 Å². The van der Waals surface area contributed by atoms with E-state index in [4.69, 9.17) is 4.74 Å². The van der Waals surface area contributed by atoms with Gasteiger partial charge in [0.1, 0.15) is 5.75 Å². The molecular weight excluding hydrogens is 421 g/mol. The van der Waals surface area contributed by atoms with Crippen molar-refractivity contribution in [2.24, 2.45) is 0 Å². The molecule has 0 fully saturated rings. The molecule has 3 aromatic rings. The molecule has 2 amide bonds. The Balaban J connectivity index is 1.57. The van der Waals surface area contributed by atoms with Gasteiger partial charge in [-0.3, -0.25) is 9.59 Å². The van der Waals surface area contributed by atoms with Gasteiger partial charge >= 0.3 is 6.18 Å². The highest BCUT2D eigenvalue weighted by atomic mass is 19.4. The molecule has 0 atom stereocenters. The summed E-state index contributed by atoms with van der Waals surface area (Å²) >= 11 is 0. The van der Waals surface area contributed by atoms with Gasteiger partial charge in [-0.2, -0.15) is 13.2 Å². The molecule has 0 spiro atoms. The van der Waals surface area contributed by atoms with E-state index < -0.39 is 24.3 Å². The van der Waals surface area contributed by atoms with Crippen molar-refractivity contribution in [1.29, 1.82) is 0 Å². The number of rotatable bonds is 7. The molecule has 0 saturated heterocycles. The van der Waals surface area contributed by atoms with Gasteiger partial charge in [-0.05, 0) is 54.4 Å². The molecule has 3 rings (SSSR count). The first-order valence-corrected chi connectivity index (χ1v) is 9.86. The molecule has 0 radical (unpaired) electrons. The maximum Gasteiger partial charge on any atom is 0.418 e. The number of halogens is 3. The molecule has 166 valence electrons. The van der Waals surface area contributed by atoms with Gasteiger partial charge in [-0.25, -0.2) is 0 Å². The summed E-state index contributed by atoms with van der Waals surface area (Å²) in [7, 11) is 0. The second kappa shape index (κ2) is 10.00. The van der Waals surface area contributed by atoms with E-state index in [0.717, 1.165) is 23.7 Å². The van der Waals surface area contributed by atoms with Gasteiger partial charge in [-0.1, -0.05) is 37.3 Å². The van der Waals surface area contributed by atoms with Crippen LogP contribution in [-0.2, 0) is 17.4 Å². The zero-order valence-electron chi connectivity index (χ0n) is 17.2. The van der Waals surface area contributed by atoms with Crippen LogP contribution in [0.5, 0.6) is 5.75 Å². The van der Waals surface area contributed by atoms with Gasteiger partial charge in [0.15, 0.2) is 6.61 Å². The van der Waals surface area contributed by atoms with E-state index in [9.17, 15) is 22.8 Å². The average molecular weight is 442 g/mol. The molecule has 8 heteroatoms. The second-order valence-corrected chi connectivity index (χ2v) is 6.87.